The lowest BCUT2D eigenvalue weighted by Gasteiger charge is -2.11. The van der Waals surface area contributed by atoms with E-state index in [9.17, 15) is 8.42 Å². The molecule has 7 heteroatoms. The van der Waals surface area contributed by atoms with Crippen molar-refractivity contribution in [2.24, 2.45) is 0 Å². The third kappa shape index (κ3) is 4.01. The number of nitrogens with zero attached hydrogens (tertiary/aromatic N) is 1. The molecule has 1 fully saturated rings. The first-order valence-corrected chi connectivity index (χ1v) is 8.53. The maximum Gasteiger partial charge on any atom is 0.250 e. The van der Waals surface area contributed by atoms with E-state index in [1.807, 2.05) is 6.07 Å². The highest BCUT2D eigenvalue weighted by atomic mass is 32.2. The summed E-state index contributed by atoms with van der Waals surface area (Å²) in [5.41, 5.74) is 0. The van der Waals surface area contributed by atoms with Crippen LogP contribution in [0.2, 0.25) is 0 Å². The summed E-state index contributed by atoms with van der Waals surface area (Å²) in [6.07, 6.45) is 4.83. The smallest absolute Gasteiger partial charge is 0.250 e. The monoisotopic (exact) mass is 300 g/mol. The van der Waals surface area contributed by atoms with Crippen molar-refractivity contribution in [1.29, 1.82) is 5.26 Å². The molecule has 0 atom stereocenters. The summed E-state index contributed by atoms with van der Waals surface area (Å²) in [5.74, 6) is 0. The van der Waals surface area contributed by atoms with E-state index < -0.39 is 10.0 Å². The van der Waals surface area contributed by atoms with Crippen LogP contribution in [0, 0.1) is 11.3 Å². The van der Waals surface area contributed by atoms with Gasteiger partial charge in [-0.3, -0.25) is 0 Å². The molecule has 1 N–H and O–H groups in total. The summed E-state index contributed by atoms with van der Waals surface area (Å²) in [6.45, 7) is 0.652. The maximum atomic E-state index is 11.9. The fourth-order valence-corrected chi connectivity index (χ4v) is 4.21. The third-order valence-corrected chi connectivity index (χ3v) is 5.95. The highest BCUT2D eigenvalue weighted by Crippen LogP contribution is 2.21. The van der Waals surface area contributed by atoms with Crippen LogP contribution in [0.25, 0.3) is 0 Å². The second kappa shape index (κ2) is 6.48. The number of thiophene rings is 1. The van der Waals surface area contributed by atoms with E-state index in [1.165, 1.54) is 25.0 Å². The fourth-order valence-electron chi connectivity index (χ4n) is 2.05. The lowest BCUT2D eigenvalue weighted by molar-refractivity contribution is 0.0626. The van der Waals surface area contributed by atoms with Gasteiger partial charge in [-0.15, -0.1) is 11.3 Å². The second-order valence-electron chi connectivity index (χ2n) is 4.41. The number of sulfonamides is 1. The Kier molecular flexibility index (Phi) is 4.93. The molecular formula is C12H16N2O3S2. The van der Waals surface area contributed by atoms with Crippen LogP contribution in [0.15, 0.2) is 16.3 Å². The zero-order valence-corrected chi connectivity index (χ0v) is 12.1. The largest absolute Gasteiger partial charge is 0.377 e. The molecule has 1 aliphatic rings. The zero-order chi connectivity index (χ0) is 13.7. The van der Waals surface area contributed by atoms with E-state index in [0.717, 1.165) is 24.2 Å². The van der Waals surface area contributed by atoms with Gasteiger partial charge in [0.05, 0.1) is 12.7 Å². The Hall–Kier alpha value is -0.940. The van der Waals surface area contributed by atoms with Gasteiger partial charge in [-0.05, 0) is 25.0 Å². The molecule has 1 aliphatic carbocycles. The Labute approximate surface area is 117 Å². The summed E-state index contributed by atoms with van der Waals surface area (Å²) in [4.78, 5) is 0.391. The Bertz CT molecular complexity index is 554. The van der Waals surface area contributed by atoms with Crippen molar-refractivity contribution in [2.75, 3.05) is 13.2 Å². The molecule has 5 nitrogen and oxygen atoms in total. The van der Waals surface area contributed by atoms with Crippen LogP contribution in [0.1, 0.15) is 30.6 Å². The van der Waals surface area contributed by atoms with Crippen molar-refractivity contribution in [2.45, 2.75) is 36.0 Å². The first kappa shape index (κ1) is 14.5. The van der Waals surface area contributed by atoms with Crippen molar-refractivity contribution in [1.82, 2.24) is 4.72 Å². The minimum atomic E-state index is -3.51. The Morgan fingerprint density at radius 2 is 2.16 bits per heavy atom. The van der Waals surface area contributed by atoms with E-state index in [2.05, 4.69) is 4.72 Å². The van der Waals surface area contributed by atoms with E-state index in [0.29, 0.717) is 11.5 Å². The molecule has 19 heavy (non-hydrogen) atoms. The van der Waals surface area contributed by atoms with Gasteiger partial charge in [-0.25, -0.2) is 13.1 Å². The van der Waals surface area contributed by atoms with Crippen LogP contribution in [0.3, 0.4) is 0 Å². The molecule has 2 rings (SSSR count). The second-order valence-corrected chi connectivity index (χ2v) is 7.48. The molecule has 1 aromatic rings. The van der Waals surface area contributed by atoms with Crippen molar-refractivity contribution in [3.8, 4) is 6.07 Å². The first-order chi connectivity index (χ1) is 9.12. The predicted molar refractivity (Wildman–Crippen MR) is 72.4 cm³/mol. The van der Waals surface area contributed by atoms with Gasteiger partial charge in [0.25, 0.3) is 0 Å². The molecule has 0 bridgehead atoms. The topological polar surface area (TPSA) is 79.2 Å². The number of rotatable bonds is 6. The van der Waals surface area contributed by atoms with Gasteiger partial charge in [-0.1, -0.05) is 12.8 Å². The molecular weight excluding hydrogens is 284 g/mol. The molecule has 0 unspecified atom stereocenters. The van der Waals surface area contributed by atoms with Gasteiger partial charge in [0.2, 0.25) is 10.0 Å². The Morgan fingerprint density at radius 1 is 1.42 bits per heavy atom. The van der Waals surface area contributed by atoms with Crippen LogP contribution in [-0.4, -0.2) is 27.7 Å². The van der Waals surface area contributed by atoms with Gasteiger partial charge >= 0.3 is 0 Å². The highest BCUT2D eigenvalue weighted by Gasteiger charge is 2.18. The summed E-state index contributed by atoms with van der Waals surface area (Å²) >= 11 is 0.971. The standard InChI is InChI=1S/C12H16N2O3S2/c13-9-11-5-6-12(18-11)19(15,16)14-7-8-17-10-3-1-2-4-10/h5-6,10,14H,1-4,7-8H2. The average Bonchev–Trinajstić information content (AvgIpc) is 3.05. The quantitative estimate of drug-likeness (QED) is 0.813. The van der Waals surface area contributed by atoms with Crippen molar-refractivity contribution < 1.29 is 13.2 Å². The molecule has 1 saturated carbocycles. The average molecular weight is 300 g/mol. The van der Waals surface area contributed by atoms with Crippen molar-refractivity contribution in [3.05, 3.63) is 17.0 Å². The normalized spacial score (nSPS) is 16.6. The minimum Gasteiger partial charge on any atom is -0.377 e. The number of ether oxygens (including phenoxy) is 1. The first-order valence-electron chi connectivity index (χ1n) is 6.23. The lowest BCUT2D eigenvalue weighted by Crippen LogP contribution is -2.28. The van der Waals surface area contributed by atoms with Crippen LogP contribution in [0.4, 0.5) is 0 Å². The molecule has 0 spiro atoms. The fraction of sp³-hybridized carbons (Fsp3) is 0.583. The van der Waals surface area contributed by atoms with E-state index in [1.54, 1.807) is 0 Å². The van der Waals surface area contributed by atoms with Gasteiger partial charge < -0.3 is 4.74 Å². The van der Waals surface area contributed by atoms with Crippen LogP contribution < -0.4 is 4.72 Å². The lowest BCUT2D eigenvalue weighted by atomic mass is 10.3. The highest BCUT2D eigenvalue weighted by molar-refractivity contribution is 7.91. The SMILES string of the molecule is N#Cc1ccc(S(=O)(=O)NCCOC2CCCC2)s1. The molecule has 0 aliphatic heterocycles. The van der Waals surface area contributed by atoms with Crippen molar-refractivity contribution >= 4 is 21.4 Å². The molecule has 0 radical (unpaired) electrons. The maximum absolute atomic E-state index is 11.9. The van der Waals surface area contributed by atoms with Crippen molar-refractivity contribution in [3.63, 3.8) is 0 Å². The molecule has 1 heterocycles. The van der Waals surface area contributed by atoms with Crippen LogP contribution >= 0.6 is 11.3 Å². The minimum absolute atomic E-state index is 0.171. The van der Waals surface area contributed by atoms with Crippen LogP contribution in [0.5, 0.6) is 0 Å². The summed E-state index contributed by atoms with van der Waals surface area (Å²) in [5, 5.41) is 8.68. The van der Waals surface area contributed by atoms with E-state index >= 15 is 0 Å². The summed E-state index contributed by atoms with van der Waals surface area (Å²) in [7, 11) is -3.51. The third-order valence-electron chi connectivity index (χ3n) is 3.01. The predicted octanol–water partition coefficient (Wildman–Crippen LogP) is 1.86. The number of hydrogen-bond acceptors (Lipinski definition) is 5. The summed E-state index contributed by atoms with van der Waals surface area (Å²) < 4.78 is 32.0. The number of hydrogen-bond donors (Lipinski definition) is 1. The zero-order valence-electron chi connectivity index (χ0n) is 10.5. The van der Waals surface area contributed by atoms with Crippen LogP contribution in [-0.2, 0) is 14.8 Å². The molecule has 0 aromatic carbocycles. The molecule has 0 saturated heterocycles. The number of nitriles is 1. The van der Waals surface area contributed by atoms with Gasteiger partial charge in [-0.2, -0.15) is 5.26 Å². The molecule has 1 aromatic heterocycles. The number of nitrogens with one attached hydrogen (secondary N) is 1. The van der Waals surface area contributed by atoms with Gasteiger partial charge in [0, 0.05) is 6.54 Å². The molecule has 104 valence electrons. The Morgan fingerprint density at radius 3 is 2.79 bits per heavy atom. The molecule has 0 amide bonds. The summed E-state index contributed by atoms with van der Waals surface area (Å²) in [6, 6.07) is 4.88. The van der Waals surface area contributed by atoms with Gasteiger partial charge in [0.15, 0.2) is 0 Å². The Balaban J connectivity index is 1.79. The van der Waals surface area contributed by atoms with E-state index in [-0.39, 0.29) is 16.9 Å². The van der Waals surface area contributed by atoms with Gasteiger partial charge in [0.1, 0.15) is 15.2 Å². The van der Waals surface area contributed by atoms with E-state index in [4.69, 9.17) is 10.00 Å².